The van der Waals surface area contributed by atoms with Gasteiger partial charge in [0.25, 0.3) is 0 Å². The van der Waals surface area contributed by atoms with Gasteiger partial charge in [-0.2, -0.15) is 0 Å². The van der Waals surface area contributed by atoms with E-state index in [4.69, 9.17) is 10.6 Å². The Kier molecular flexibility index (Phi) is 6.25. The number of ether oxygens (including phenoxy) is 1. The van der Waals surface area contributed by atoms with Gasteiger partial charge in [0.15, 0.2) is 0 Å². The zero-order valence-electron chi connectivity index (χ0n) is 11.1. The van der Waals surface area contributed by atoms with E-state index in [0.29, 0.717) is 6.04 Å². The second-order valence-electron chi connectivity index (χ2n) is 4.55. The lowest BCUT2D eigenvalue weighted by atomic mass is 10.2. The molecule has 0 saturated carbocycles. The van der Waals surface area contributed by atoms with E-state index in [1.54, 1.807) is 7.11 Å². The molecule has 0 aromatic rings. The number of nitrogens with one attached hydrogen (secondary N) is 1. The van der Waals surface area contributed by atoms with E-state index in [-0.39, 0.29) is 0 Å². The van der Waals surface area contributed by atoms with Gasteiger partial charge in [-0.05, 0) is 26.9 Å². The van der Waals surface area contributed by atoms with Gasteiger partial charge in [0.2, 0.25) is 5.96 Å². The molecule has 17 heavy (non-hydrogen) atoms. The van der Waals surface area contributed by atoms with Crippen LogP contribution in [0.3, 0.4) is 0 Å². The number of hydrazine groups is 1. The SMILES string of the molecule is COCCCN=C(NN)N1CCC(N(C)C)C1. The van der Waals surface area contributed by atoms with Crippen LogP contribution in [0.1, 0.15) is 12.8 Å². The Balaban J connectivity index is 2.40. The van der Waals surface area contributed by atoms with Gasteiger partial charge in [-0.3, -0.25) is 10.4 Å². The smallest absolute Gasteiger partial charge is 0.208 e. The summed E-state index contributed by atoms with van der Waals surface area (Å²) in [5.74, 6) is 6.32. The fourth-order valence-electron chi connectivity index (χ4n) is 1.99. The minimum Gasteiger partial charge on any atom is -0.385 e. The third-order valence-corrected chi connectivity index (χ3v) is 3.09. The van der Waals surface area contributed by atoms with Gasteiger partial charge < -0.3 is 14.5 Å². The van der Waals surface area contributed by atoms with Crippen LogP contribution >= 0.6 is 0 Å². The highest BCUT2D eigenvalue weighted by Gasteiger charge is 2.25. The molecule has 1 unspecified atom stereocenters. The predicted molar refractivity (Wildman–Crippen MR) is 69.8 cm³/mol. The maximum Gasteiger partial charge on any atom is 0.208 e. The molecule has 6 heteroatoms. The molecule has 1 saturated heterocycles. The van der Waals surface area contributed by atoms with Crippen molar-refractivity contribution in [3.63, 3.8) is 0 Å². The minimum absolute atomic E-state index is 0.590. The molecule has 0 spiro atoms. The average molecular weight is 243 g/mol. The number of nitrogens with two attached hydrogens (primary N) is 1. The van der Waals surface area contributed by atoms with Crippen molar-refractivity contribution in [1.29, 1.82) is 0 Å². The van der Waals surface area contributed by atoms with E-state index in [2.05, 4.69) is 34.3 Å². The van der Waals surface area contributed by atoms with Crippen molar-refractivity contribution in [3.8, 4) is 0 Å². The number of nitrogens with zero attached hydrogens (tertiary/aromatic N) is 3. The van der Waals surface area contributed by atoms with E-state index in [1.807, 2.05) is 0 Å². The highest BCUT2D eigenvalue weighted by Crippen LogP contribution is 2.12. The molecule has 0 radical (unpaired) electrons. The van der Waals surface area contributed by atoms with Gasteiger partial charge in [-0.1, -0.05) is 0 Å². The number of hydrogen-bond acceptors (Lipinski definition) is 4. The highest BCUT2D eigenvalue weighted by molar-refractivity contribution is 5.79. The van der Waals surface area contributed by atoms with Crippen molar-refractivity contribution in [3.05, 3.63) is 0 Å². The summed E-state index contributed by atoms with van der Waals surface area (Å²) in [4.78, 5) is 8.92. The number of rotatable bonds is 5. The van der Waals surface area contributed by atoms with E-state index in [1.165, 1.54) is 0 Å². The zero-order valence-corrected chi connectivity index (χ0v) is 11.1. The summed E-state index contributed by atoms with van der Waals surface area (Å²) in [5.41, 5.74) is 2.70. The number of guanidine groups is 1. The maximum absolute atomic E-state index is 5.52. The fraction of sp³-hybridized carbons (Fsp3) is 0.909. The Labute approximate surface area is 104 Å². The van der Waals surface area contributed by atoms with Crippen LogP contribution in [0.4, 0.5) is 0 Å². The summed E-state index contributed by atoms with van der Waals surface area (Å²) >= 11 is 0. The fourth-order valence-corrected chi connectivity index (χ4v) is 1.99. The molecule has 0 bridgehead atoms. The number of likely N-dealkylation sites (N-methyl/N-ethyl adjacent to an activating group) is 1. The molecule has 1 fully saturated rings. The van der Waals surface area contributed by atoms with Gasteiger partial charge in [-0.15, -0.1) is 0 Å². The third-order valence-electron chi connectivity index (χ3n) is 3.09. The molecule has 1 rings (SSSR count). The van der Waals surface area contributed by atoms with E-state index in [0.717, 1.165) is 45.0 Å². The van der Waals surface area contributed by atoms with Crippen molar-refractivity contribution in [2.45, 2.75) is 18.9 Å². The van der Waals surface area contributed by atoms with Crippen LogP contribution in [-0.4, -0.2) is 69.2 Å². The minimum atomic E-state index is 0.590. The van der Waals surface area contributed by atoms with Crippen molar-refractivity contribution in [2.75, 3.05) is 47.4 Å². The summed E-state index contributed by atoms with van der Waals surface area (Å²) in [6.07, 6.45) is 2.08. The monoisotopic (exact) mass is 243 g/mol. The summed E-state index contributed by atoms with van der Waals surface area (Å²) in [7, 11) is 5.92. The first-order chi connectivity index (χ1) is 8.19. The first-order valence-corrected chi connectivity index (χ1v) is 6.10. The lowest BCUT2D eigenvalue weighted by Gasteiger charge is -2.22. The van der Waals surface area contributed by atoms with Gasteiger partial charge >= 0.3 is 0 Å². The normalized spacial score (nSPS) is 21.4. The van der Waals surface area contributed by atoms with Crippen LogP contribution in [0.2, 0.25) is 0 Å². The largest absolute Gasteiger partial charge is 0.385 e. The molecule has 0 aromatic carbocycles. The molecule has 0 aromatic heterocycles. The Morgan fingerprint density at radius 2 is 2.35 bits per heavy atom. The van der Waals surface area contributed by atoms with E-state index < -0.39 is 0 Å². The van der Waals surface area contributed by atoms with Crippen LogP contribution in [0.15, 0.2) is 4.99 Å². The lowest BCUT2D eigenvalue weighted by Crippen LogP contribution is -2.45. The molecule has 100 valence electrons. The lowest BCUT2D eigenvalue weighted by molar-refractivity contribution is 0.197. The van der Waals surface area contributed by atoms with Crippen LogP contribution in [0.5, 0.6) is 0 Å². The third kappa shape index (κ3) is 4.49. The van der Waals surface area contributed by atoms with Crippen LogP contribution < -0.4 is 11.3 Å². The number of likely N-dealkylation sites (tertiary alicyclic amines) is 1. The van der Waals surface area contributed by atoms with Gasteiger partial charge in [0, 0.05) is 39.4 Å². The van der Waals surface area contributed by atoms with Crippen molar-refractivity contribution in [1.82, 2.24) is 15.2 Å². The second kappa shape index (κ2) is 7.47. The quantitative estimate of drug-likeness (QED) is 0.224. The summed E-state index contributed by atoms with van der Waals surface area (Å²) in [5, 5.41) is 0. The standard InChI is InChI=1S/C11H25N5O/c1-15(2)10-5-7-16(9-10)11(14-12)13-6-4-8-17-3/h10H,4-9,12H2,1-3H3,(H,13,14). The molecule has 1 aliphatic heterocycles. The highest BCUT2D eigenvalue weighted by atomic mass is 16.5. The molecule has 1 aliphatic rings. The first-order valence-electron chi connectivity index (χ1n) is 6.10. The van der Waals surface area contributed by atoms with Crippen LogP contribution in [0.25, 0.3) is 0 Å². The predicted octanol–water partition coefficient (Wildman–Crippen LogP) is -0.522. The molecule has 3 N–H and O–H groups in total. The molecular weight excluding hydrogens is 218 g/mol. The summed E-state index contributed by atoms with van der Waals surface area (Å²) in [6.45, 7) is 3.48. The van der Waals surface area contributed by atoms with Crippen molar-refractivity contribution >= 4 is 5.96 Å². The number of methoxy groups -OCH3 is 1. The summed E-state index contributed by atoms with van der Waals surface area (Å²) < 4.78 is 4.99. The Bertz CT molecular complexity index is 244. The topological polar surface area (TPSA) is 66.1 Å². The molecule has 1 atom stereocenters. The van der Waals surface area contributed by atoms with Crippen LogP contribution in [-0.2, 0) is 4.74 Å². The second-order valence-corrected chi connectivity index (χ2v) is 4.55. The van der Waals surface area contributed by atoms with E-state index >= 15 is 0 Å². The van der Waals surface area contributed by atoms with Crippen molar-refractivity contribution < 1.29 is 4.74 Å². The van der Waals surface area contributed by atoms with Gasteiger partial charge in [-0.25, -0.2) is 5.84 Å². The summed E-state index contributed by atoms with van der Waals surface area (Å²) in [6, 6.07) is 0.590. The Hall–Kier alpha value is -0.850. The Morgan fingerprint density at radius 1 is 1.59 bits per heavy atom. The molecule has 0 amide bonds. The Morgan fingerprint density at radius 3 is 2.88 bits per heavy atom. The average Bonchev–Trinajstić information content (AvgIpc) is 2.79. The molecular formula is C11H25N5O. The number of hydrogen-bond donors (Lipinski definition) is 2. The molecule has 6 nitrogen and oxygen atoms in total. The first kappa shape index (κ1) is 14.2. The maximum atomic E-state index is 5.52. The van der Waals surface area contributed by atoms with Gasteiger partial charge in [0.1, 0.15) is 0 Å². The molecule has 0 aliphatic carbocycles. The van der Waals surface area contributed by atoms with E-state index in [9.17, 15) is 0 Å². The van der Waals surface area contributed by atoms with Crippen LogP contribution in [0, 0.1) is 0 Å². The van der Waals surface area contributed by atoms with Crippen molar-refractivity contribution in [2.24, 2.45) is 10.8 Å². The number of aliphatic imine (C=N–C) groups is 1. The van der Waals surface area contributed by atoms with Gasteiger partial charge in [0.05, 0.1) is 0 Å². The zero-order chi connectivity index (χ0) is 12.7. The molecule has 1 heterocycles.